The highest BCUT2D eigenvalue weighted by atomic mass is 16.5. The van der Waals surface area contributed by atoms with Crippen molar-refractivity contribution in [2.24, 2.45) is 0 Å². The van der Waals surface area contributed by atoms with Crippen molar-refractivity contribution in [3.8, 4) is 5.75 Å². The third-order valence-corrected chi connectivity index (χ3v) is 3.46. The molecule has 1 aromatic rings. The highest BCUT2D eigenvalue weighted by molar-refractivity contribution is 5.95. The van der Waals surface area contributed by atoms with E-state index in [4.69, 9.17) is 9.84 Å². The third-order valence-electron chi connectivity index (χ3n) is 3.46. The molecule has 1 aliphatic rings. The fraction of sp³-hybridized carbons (Fsp3) is 0.438. The number of benzene rings is 1. The van der Waals surface area contributed by atoms with Gasteiger partial charge < -0.3 is 20.1 Å². The van der Waals surface area contributed by atoms with Crippen molar-refractivity contribution in [1.82, 2.24) is 5.32 Å². The molecule has 2 rings (SSSR count). The van der Waals surface area contributed by atoms with E-state index in [9.17, 15) is 14.4 Å². The number of rotatable bonds is 7. The second-order valence-electron chi connectivity index (χ2n) is 5.50. The van der Waals surface area contributed by atoms with E-state index >= 15 is 0 Å². The lowest BCUT2D eigenvalue weighted by atomic mass is 10.2. The number of nitrogens with one attached hydrogen (secondary N) is 1. The molecule has 2 amide bonds. The lowest BCUT2D eigenvalue weighted by Gasteiger charge is -2.17. The van der Waals surface area contributed by atoms with E-state index < -0.39 is 12.0 Å². The molecule has 1 atom stereocenters. The van der Waals surface area contributed by atoms with E-state index in [2.05, 4.69) is 5.32 Å². The lowest BCUT2D eigenvalue weighted by molar-refractivity contribution is -0.137. The van der Waals surface area contributed by atoms with Crippen LogP contribution < -0.4 is 15.0 Å². The second-order valence-corrected chi connectivity index (χ2v) is 5.50. The third kappa shape index (κ3) is 4.98. The van der Waals surface area contributed by atoms with Crippen molar-refractivity contribution in [3.05, 3.63) is 24.3 Å². The number of amides is 2. The minimum Gasteiger partial charge on any atom is -0.484 e. The largest absolute Gasteiger partial charge is 0.484 e. The van der Waals surface area contributed by atoms with E-state index in [0.29, 0.717) is 18.7 Å². The Morgan fingerprint density at radius 3 is 2.87 bits per heavy atom. The number of anilines is 1. The normalized spacial score (nSPS) is 15.3. The maximum absolute atomic E-state index is 11.7. The van der Waals surface area contributed by atoms with E-state index in [1.54, 1.807) is 30.0 Å². The Hall–Kier alpha value is -2.57. The lowest BCUT2D eigenvalue weighted by Crippen LogP contribution is -2.37. The molecule has 0 aliphatic carbocycles. The summed E-state index contributed by atoms with van der Waals surface area (Å²) in [7, 11) is 0. The Kier molecular flexibility index (Phi) is 5.56. The Balaban J connectivity index is 1.87. The number of aliphatic carboxylic acids is 1. The van der Waals surface area contributed by atoms with E-state index in [0.717, 1.165) is 12.1 Å². The van der Waals surface area contributed by atoms with Crippen LogP contribution in [0, 0.1) is 0 Å². The molecule has 7 heteroatoms. The maximum Gasteiger partial charge on any atom is 0.305 e. The molecule has 1 heterocycles. The Labute approximate surface area is 134 Å². The first-order valence-electron chi connectivity index (χ1n) is 7.50. The molecule has 0 aromatic heterocycles. The zero-order chi connectivity index (χ0) is 16.8. The molecule has 1 saturated heterocycles. The fourth-order valence-corrected chi connectivity index (χ4v) is 2.44. The maximum atomic E-state index is 11.7. The molecule has 0 bridgehead atoms. The van der Waals surface area contributed by atoms with Gasteiger partial charge >= 0.3 is 5.97 Å². The van der Waals surface area contributed by atoms with Gasteiger partial charge in [0, 0.05) is 30.8 Å². The van der Waals surface area contributed by atoms with Gasteiger partial charge in [-0.15, -0.1) is 0 Å². The van der Waals surface area contributed by atoms with Gasteiger partial charge in [0.05, 0.1) is 6.42 Å². The van der Waals surface area contributed by atoms with E-state index in [1.165, 1.54) is 0 Å². The van der Waals surface area contributed by atoms with Gasteiger partial charge in [0.2, 0.25) is 5.91 Å². The fourth-order valence-electron chi connectivity index (χ4n) is 2.44. The van der Waals surface area contributed by atoms with Gasteiger partial charge in [0.1, 0.15) is 5.75 Å². The first-order chi connectivity index (χ1) is 11.0. The van der Waals surface area contributed by atoms with Crippen LogP contribution in [0.4, 0.5) is 5.69 Å². The van der Waals surface area contributed by atoms with Crippen molar-refractivity contribution in [2.75, 3.05) is 18.1 Å². The summed E-state index contributed by atoms with van der Waals surface area (Å²) in [5.41, 5.74) is 0.754. The number of hydrogen-bond donors (Lipinski definition) is 2. The van der Waals surface area contributed by atoms with Gasteiger partial charge in [-0.1, -0.05) is 6.07 Å². The summed E-state index contributed by atoms with van der Waals surface area (Å²) in [5, 5.41) is 11.2. The van der Waals surface area contributed by atoms with Crippen molar-refractivity contribution in [2.45, 2.75) is 32.2 Å². The van der Waals surface area contributed by atoms with Crippen LogP contribution in [0.5, 0.6) is 5.75 Å². The second kappa shape index (κ2) is 7.62. The number of carboxylic acids is 1. The van der Waals surface area contributed by atoms with E-state index in [-0.39, 0.29) is 24.8 Å². The highest BCUT2D eigenvalue weighted by Crippen LogP contribution is 2.25. The summed E-state index contributed by atoms with van der Waals surface area (Å²) in [6, 6.07) is 6.55. The number of hydrogen-bond acceptors (Lipinski definition) is 4. The number of carbonyl (C=O) groups is 3. The number of ether oxygens (including phenoxy) is 1. The van der Waals surface area contributed by atoms with Gasteiger partial charge in [-0.3, -0.25) is 14.4 Å². The highest BCUT2D eigenvalue weighted by Gasteiger charge is 2.21. The molecular weight excluding hydrogens is 300 g/mol. The number of carboxylic acid groups (broad SMARTS) is 1. The molecule has 0 saturated carbocycles. The van der Waals surface area contributed by atoms with Gasteiger partial charge in [-0.25, -0.2) is 0 Å². The minimum atomic E-state index is -0.971. The van der Waals surface area contributed by atoms with Gasteiger partial charge in [0.25, 0.3) is 5.91 Å². The molecule has 23 heavy (non-hydrogen) atoms. The Bertz CT molecular complexity index is 602. The average Bonchev–Trinajstić information content (AvgIpc) is 2.90. The van der Waals surface area contributed by atoms with Gasteiger partial charge in [-0.05, 0) is 25.5 Å². The summed E-state index contributed by atoms with van der Waals surface area (Å²) in [6.45, 7) is 2.10. The van der Waals surface area contributed by atoms with Crippen LogP contribution >= 0.6 is 0 Å². The molecule has 1 unspecified atom stereocenters. The zero-order valence-corrected chi connectivity index (χ0v) is 12.9. The topological polar surface area (TPSA) is 95.9 Å². The summed E-state index contributed by atoms with van der Waals surface area (Å²) < 4.78 is 5.41. The molecule has 1 fully saturated rings. The SMILES string of the molecule is CC(CC(=O)O)NC(=O)COc1cccc(N2CCCC2=O)c1. The first-order valence-corrected chi connectivity index (χ1v) is 7.50. The smallest absolute Gasteiger partial charge is 0.305 e. The molecule has 124 valence electrons. The minimum absolute atomic E-state index is 0.0855. The standard InChI is InChI=1S/C16H20N2O5/c1-11(8-16(21)22)17-14(19)10-23-13-5-2-4-12(9-13)18-7-3-6-15(18)20/h2,4-5,9,11H,3,6-8,10H2,1H3,(H,17,19)(H,21,22). The molecule has 1 aliphatic heterocycles. The molecule has 2 N–H and O–H groups in total. The molecule has 0 radical (unpaired) electrons. The van der Waals surface area contributed by atoms with Crippen LogP contribution in [-0.2, 0) is 14.4 Å². The van der Waals surface area contributed by atoms with Crippen molar-refractivity contribution < 1.29 is 24.2 Å². The van der Waals surface area contributed by atoms with E-state index in [1.807, 2.05) is 6.07 Å². The van der Waals surface area contributed by atoms with Crippen LogP contribution in [0.15, 0.2) is 24.3 Å². The van der Waals surface area contributed by atoms with Crippen molar-refractivity contribution >= 4 is 23.5 Å². The van der Waals surface area contributed by atoms with Crippen LogP contribution in [0.25, 0.3) is 0 Å². The zero-order valence-electron chi connectivity index (χ0n) is 12.9. The van der Waals surface area contributed by atoms with Crippen LogP contribution in [-0.4, -0.2) is 42.1 Å². The van der Waals surface area contributed by atoms with Gasteiger partial charge in [-0.2, -0.15) is 0 Å². The monoisotopic (exact) mass is 320 g/mol. The van der Waals surface area contributed by atoms with Crippen LogP contribution in [0.2, 0.25) is 0 Å². The predicted octanol–water partition coefficient (Wildman–Crippen LogP) is 1.17. The van der Waals surface area contributed by atoms with Crippen LogP contribution in [0.1, 0.15) is 26.2 Å². The summed E-state index contributed by atoms with van der Waals surface area (Å²) in [6.07, 6.45) is 1.25. The molecule has 7 nitrogen and oxygen atoms in total. The quantitative estimate of drug-likeness (QED) is 0.786. The van der Waals surface area contributed by atoms with Crippen LogP contribution in [0.3, 0.4) is 0 Å². The molecular formula is C16H20N2O5. The summed E-state index contributed by atoms with van der Waals surface area (Å²) in [4.78, 5) is 35.7. The first kappa shape index (κ1) is 16.8. The van der Waals surface area contributed by atoms with Gasteiger partial charge in [0.15, 0.2) is 6.61 Å². The predicted molar refractivity (Wildman–Crippen MR) is 83.4 cm³/mol. The molecule has 1 aromatic carbocycles. The number of carbonyl (C=O) groups excluding carboxylic acids is 2. The summed E-state index contributed by atoms with van der Waals surface area (Å²) in [5.74, 6) is -0.784. The Morgan fingerprint density at radius 1 is 1.43 bits per heavy atom. The Morgan fingerprint density at radius 2 is 2.22 bits per heavy atom. The summed E-state index contributed by atoms with van der Waals surface area (Å²) >= 11 is 0. The van der Waals surface area contributed by atoms with Crippen molar-refractivity contribution in [3.63, 3.8) is 0 Å². The average molecular weight is 320 g/mol. The molecule has 0 spiro atoms. The van der Waals surface area contributed by atoms with Crippen molar-refractivity contribution in [1.29, 1.82) is 0 Å². The number of nitrogens with zero attached hydrogens (tertiary/aromatic N) is 1.